The van der Waals surface area contributed by atoms with Gasteiger partial charge in [0, 0.05) is 5.75 Å². The summed E-state index contributed by atoms with van der Waals surface area (Å²) < 4.78 is 5.66. The number of unbranched alkanes of at least 4 members (excludes halogenated alkanes) is 9. The summed E-state index contributed by atoms with van der Waals surface area (Å²) in [4.78, 5) is 0. The van der Waals surface area contributed by atoms with E-state index in [9.17, 15) is 0 Å². The Morgan fingerprint density at radius 2 is 1.41 bits per heavy atom. The maximum atomic E-state index is 5.66. The number of allylic oxidation sites excluding steroid dienone is 1. The van der Waals surface area contributed by atoms with Crippen LogP contribution in [0.15, 0.2) is 11.6 Å². The standard InChI is InChI=1S/C20H38OS/c1-2-3-4-5-6-7-8-9-10-14-19-22-21-18-17-20-15-12-11-13-16-20/h17H,2-16,18-19H2,1H3. The zero-order valence-corrected chi connectivity index (χ0v) is 15.7. The number of rotatable bonds is 14. The molecule has 0 atom stereocenters. The van der Waals surface area contributed by atoms with Crippen molar-refractivity contribution in [2.24, 2.45) is 0 Å². The van der Waals surface area contributed by atoms with Gasteiger partial charge in [0.05, 0.1) is 6.61 Å². The summed E-state index contributed by atoms with van der Waals surface area (Å²) in [7, 11) is 0. The van der Waals surface area contributed by atoms with Crippen LogP contribution in [0, 0.1) is 0 Å². The molecule has 1 fully saturated rings. The predicted molar refractivity (Wildman–Crippen MR) is 101 cm³/mol. The van der Waals surface area contributed by atoms with E-state index in [0.29, 0.717) is 0 Å². The van der Waals surface area contributed by atoms with Crippen LogP contribution in [0.4, 0.5) is 0 Å². The van der Waals surface area contributed by atoms with E-state index in [4.69, 9.17) is 4.18 Å². The highest BCUT2D eigenvalue weighted by Crippen LogP contribution is 2.22. The summed E-state index contributed by atoms with van der Waals surface area (Å²) in [6, 6.07) is 0. The van der Waals surface area contributed by atoms with Crippen LogP contribution >= 0.6 is 12.0 Å². The molecule has 0 spiro atoms. The minimum absolute atomic E-state index is 0.817. The molecule has 1 aliphatic carbocycles. The van der Waals surface area contributed by atoms with Gasteiger partial charge in [0.2, 0.25) is 0 Å². The molecule has 0 N–H and O–H groups in total. The van der Waals surface area contributed by atoms with E-state index in [2.05, 4.69) is 13.0 Å². The molecule has 0 aromatic heterocycles. The van der Waals surface area contributed by atoms with E-state index in [0.717, 1.165) is 6.61 Å². The van der Waals surface area contributed by atoms with Gasteiger partial charge in [-0.05, 0) is 44.1 Å². The van der Waals surface area contributed by atoms with Gasteiger partial charge in [-0.3, -0.25) is 0 Å². The van der Waals surface area contributed by atoms with Gasteiger partial charge in [0.25, 0.3) is 0 Å². The van der Waals surface area contributed by atoms with Crippen LogP contribution in [-0.4, -0.2) is 12.4 Å². The molecule has 0 aliphatic heterocycles. The molecule has 130 valence electrons. The molecule has 0 radical (unpaired) electrons. The Morgan fingerprint density at radius 3 is 2.05 bits per heavy atom. The van der Waals surface area contributed by atoms with Crippen molar-refractivity contribution in [2.45, 2.75) is 103 Å². The molecule has 1 nitrogen and oxygen atoms in total. The molecule has 1 saturated carbocycles. The van der Waals surface area contributed by atoms with Crippen molar-refractivity contribution in [2.75, 3.05) is 12.4 Å². The highest BCUT2D eigenvalue weighted by atomic mass is 32.2. The third-order valence-electron chi connectivity index (χ3n) is 4.60. The third kappa shape index (κ3) is 12.6. The molecule has 0 saturated heterocycles. The van der Waals surface area contributed by atoms with Gasteiger partial charge >= 0.3 is 0 Å². The zero-order valence-electron chi connectivity index (χ0n) is 14.9. The SMILES string of the molecule is CCCCCCCCCCCCSOCC=C1CCCCC1. The molecule has 22 heavy (non-hydrogen) atoms. The molecular weight excluding hydrogens is 288 g/mol. The normalized spacial score (nSPS) is 15.2. The summed E-state index contributed by atoms with van der Waals surface area (Å²) in [6.45, 7) is 3.10. The Morgan fingerprint density at radius 1 is 0.818 bits per heavy atom. The lowest BCUT2D eigenvalue weighted by molar-refractivity contribution is 0.423. The lowest BCUT2D eigenvalue weighted by Crippen LogP contribution is -1.95. The Hall–Kier alpha value is 0.0500. The largest absolute Gasteiger partial charge is 0.311 e. The minimum atomic E-state index is 0.817. The zero-order chi connectivity index (χ0) is 15.7. The fourth-order valence-corrected chi connectivity index (χ4v) is 3.72. The first kappa shape index (κ1) is 20.1. The maximum absolute atomic E-state index is 5.66. The van der Waals surface area contributed by atoms with Crippen LogP contribution in [-0.2, 0) is 4.18 Å². The number of hydrogen-bond acceptors (Lipinski definition) is 2. The molecule has 0 amide bonds. The first-order chi connectivity index (χ1) is 10.9. The van der Waals surface area contributed by atoms with E-state index in [1.54, 1.807) is 17.6 Å². The minimum Gasteiger partial charge on any atom is -0.311 e. The van der Waals surface area contributed by atoms with Crippen molar-refractivity contribution in [3.05, 3.63) is 11.6 Å². The van der Waals surface area contributed by atoms with E-state index in [1.807, 2.05) is 0 Å². The Balaban J connectivity index is 1.73. The van der Waals surface area contributed by atoms with E-state index in [-0.39, 0.29) is 0 Å². The smallest absolute Gasteiger partial charge is 0.0797 e. The topological polar surface area (TPSA) is 9.23 Å². The van der Waals surface area contributed by atoms with Gasteiger partial charge in [0.1, 0.15) is 0 Å². The van der Waals surface area contributed by atoms with Crippen molar-refractivity contribution in [3.8, 4) is 0 Å². The van der Waals surface area contributed by atoms with Gasteiger partial charge in [-0.25, -0.2) is 0 Å². The van der Waals surface area contributed by atoms with Crippen LogP contribution in [0.3, 0.4) is 0 Å². The first-order valence-electron chi connectivity index (χ1n) is 9.86. The fourth-order valence-electron chi connectivity index (χ4n) is 3.12. The van der Waals surface area contributed by atoms with Crippen LogP contribution in [0.25, 0.3) is 0 Å². The van der Waals surface area contributed by atoms with Gasteiger partial charge in [-0.1, -0.05) is 82.8 Å². The second-order valence-electron chi connectivity index (χ2n) is 6.71. The van der Waals surface area contributed by atoms with Crippen LogP contribution < -0.4 is 0 Å². The van der Waals surface area contributed by atoms with E-state index >= 15 is 0 Å². The van der Waals surface area contributed by atoms with E-state index in [1.165, 1.54) is 102 Å². The van der Waals surface area contributed by atoms with Crippen LogP contribution in [0.5, 0.6) is 0 Å². The van der Waals surface area contributed by atoms with Crippen LogP contribution in [0.2, 0.25) is 0 Å². The van der Waals surface area contributed by atoms with Crippen LogP contribution in [0.1, 0.15) is 103 Å². The maximum Gasteiger partial charge on any atom is 0.0797 e. The van der Waals surface area contributed by atoms with Crippen molar-refractivity contribution >= 4 is 12.0 Å². The van der Waals surface area contributed by atoms with E-state index < -0.39 is 0 Å². The van der Waals surface area contributed by atoms with Gasteiger partial charge in [-0.2, -0.15) is 0 Å². The molecule has 0 aromatic rings. The Bertz CT molecular complexity index is 254. The summed E-state index contributed by atoms with van der Waals surface area (Å²) >= 11 is 1.67. The average molecular weight is 327 g/mol. The first-order valence-corrected chi connectivity index (χ1v) is 10.8. The molecule has 0 bridgehead atoms. The summed E-state index contributed by atoms with van der Waals surface area (Å²) in [5.41, 5.74) is 1.63. The number of hydrogen-bond donors (Lipinski definition) is 0. The second-order valence-corrected chi connectivity index (χ2v) is 7.59. The molecule has 1 aliphatic rings. The van der Waals surface area contributed by atoms with Crippen molar-refractivity contribution in [3.63, 3.8) is 0 Å². The quantitative estimate of drug-likeness (QED) is 0.186. The molecular formula is C20H38OS. The highest BCUT2D eigenvalue weighted by molar-refractivity contribution is 7.94. The predicted octanol–water partition coefficient (Wildman–Crippen LogP) is 7.46. The summed E-state index contributed by atoms with van der Waals surface area (Å²) in [6.07, 6.45) is 23.3. The molecule has 0 heterocycles. The molecule has 0 unspecified atom stereocenters. The van der Waals surface area contributed by atoms with Crippen molar-refractivity contribution in [1.29, 1.82) is 0 Å². The monoisotopic (exact) mass is 326 g/mol. The molecule has 1 rings (SSSR count). The van der Waals surface area contributed by atoms with Gasteiger partial charge in [-0.15, -0.1) is 0 Å². The Kier molecular flexibility index (Phi) is 14.5. The van der Waals surface area contributed by atoms with Gasteiger partial charge < -0.3 is 4.18 Å². The van der Waals surface area contributed by atoms with Crippen molar-refractivity contribution < 1.29 is 4.18 Å². The fraction of sp³-hybridized carbons (Fsp3) is 0.900. The third-order valence-corrected chi connectivity index (χ3v) is 5.36. The molecule has 0 aromatic carbocycles. The lowest BCUT2D eigenvalue weighted by atomic mass is 9.95. The Labute approximate surface area is 143 Å². The lowest BCUT2D eigenvalue weighted by Gasteiger charge is -2.13. The second kappa shape index (κ2) is 15.9. The average Bonchev–Trinajstić information content (AvgIpc) is 2.56. The highest BCUT2D eigenvalue weighted by Gasteiger charge is 2.04. The van der Waals surface area contributed by atoms with Crippen molar-refractivity contribution in [1.82, 2.24) is 0 Å². The summed E-state index contributed by atoms with van der Waals surface area (Å²) in [5.74, 6) is 1.17. The summed E-state index contributed by atoms with van der Waals surface area (Å²) in [5, 5.41) is 0. The molecule has 2 heteroatoms. The van der Waals surface area contributed by atoms with Gasteiger partial charge in [0.15, 0.2) is 0 Å².